The van der Waals surface area contributed by atoms with Crippen molar-refractivity contribution in [3.8, 4) is 0 Å². The number of hydrogen-bond acceptors (Lipinski definition) is 3. The molecule has 2 N–H and O–H groups in total. The van der Waals surface area contributed by atoms with E-state index < -0.39 is 0 Å². The molecule has 2 heterocycles. The molecule has 0 bridgehead atoms. The van der Waals surface area contributed by atoms with Crippen molar-refractivity contribution in [1.29, 1.82) is 0 Å². The van der Waals surface area contributed by atoms with Crippen molar-refractivity contribution >= 4 is 11.3 Å². The molecule has 14 heavy (non-hydrogen) atoms. The molecule has 78 valence electrons. The lowest BCUT2D eigenvalue weighted by Crippen LogP contribution is -2.42. The van der Waals surface area contributed by atoms with Crippen molar-refractivity contribution in [2.24, 2.45) is 5.73 Å². The first-order valence-electron chi connectivity index (χ1n) is 5.34. The average molecular weight is 210 g/mol. The molecular formula is C11H18N2S. The second kappa shape index (κ2) is 4.43. The average Bonchev–Trinajstić information content (AvgIpc) is 2.66. The third-order valence-electron chi connectivity index (χ3n) is 3.10. The van der Waals surface area contributed by atoms with Gasteiger partial charge in [-0.2, -0.15) is 0 Å². The van der Waals surface area contributed by atoms with Gasteiger partial charge in [0.25, 0.3) is 0 Å². The second-order valence-electron chi connectivity index (χ2n) is 3.89. The van der Waals surface area contributed by atoms with Crippen LogP contribution in [0.5, 0.6) is 0 Å². The van der Waals surface area contributed by atoms with Gasteiger partial charge in [0, 0.05) is 30.6 Å². The third-order valence-corrected chi connectivity index (χ3v) is 4.12. The highest BCUT2D eigenvalue weighted by Crippen LogP contribution is 2.25. The van der Waals surface area contributed by atoms with Gasteiger partial charge in [0.05, 0.1) is 0 Å². The maximum Gasteiger partial charge on any atom is 0.0248 e. The molecule has 3 heteroatoms. The normalized spacial score (nSPS) is 19.3. The summed E-state index contributed by atoms with van der Waals surface area (Å²) in [4.78, 5) is 4.10. The molecular weight excluding hydrogens is 192 g/mol. The van der Waals surface area contributed by atoms with Gasteiger partial charge in [-0.1, -0.05) is 6.92 Å². The van der Waals surface area contributed by atoms with E-state index in [4.69, 9.17) is 5.73 Å². The molecule has 0 radical (unpaired) electrons. The van der Waals surface area contributed by atoms with E-state index in [1.165, 1.54) is 18.5 Å². The van der Waals surface area contributed by atoms with Crippen LogP contribution in [0, 0.1) is 0 Å². The molecule has 0 saturated carbocycles. The fraction of sp³-hybridized carbons (Fsp3) is 0.636. The number of rotatable bonds is 3. The molecule has 2 rings (SSSR count). The van der Waals surface area contributed by atoms with Crippen LogP contribution in [-0.2, 0) is 13.0 Å². The SMILES string of the molecule is CCC(CN)N1CCc2sccc2C1. The first-order chi connectivity index (χ1) is 6.85. The van der Waals surface area contributed by atoms with E-state index >= 15 is 0 Å². The molecule has 1 unspecified atom stereocenters. The molecule has 1 aromatic heterocycles. The Labute approximate surface area is 89.7 Å². The fourth-order valence-corrected chi connectivity index (χ4v) is 3.05. The molecule has 0 aromatic carbocycles. The van der Waals surface area contributed by atoms with Crippen LogP contribution in [0.15, 0.2) is 11.4 Å². The largest absolute Gasteiger partial charge is 0.329 e. The van der Waals surface area contributed by atoms with Crippen LogP contribution >= 0.6 is 11.3 Å². The Morgan fingerprint density at radius 1 is 1.64 bits per heavy atom. The Hall–Kier alpha value is -0.380. The molecule has 0 spiro atoms. The van der Waals surface area contributed by atoms with Crippen LogP contribution in [0.1, 0.15) is 23.8 Å². The van der Waals surface area contributed by atoms with Crippen LogP contribution in [-0.4, -0.2) is 24.0 Å². The maximum absolute atomic E-state index is 5.77. The van der Waals surface area contributed by atoms with Crippen molar-refractivity contribution in [1.82, 2.24) is 4.90 Å². The van der Waals surface area contributed by atoms with Crippen LogP contribution in [0.4, 0.5) is 0 Å². The van der Waals surface area contributed by atoms with Crippen LogP contribution in [0.25, 0.3) is 0 Å². The van der Waals surface area contributed by atoms with Gasteiger partial charge in [0.2, 0.25) is 0 Å². The molecule has 1 aromatic rings. The number of hydrogen-bond donors (Lipinski definition) is 1. The first-order valence-corrected chi connectivity index (χ1v) is 6.22. The minimum atomic E-state index is 0.572. The summed E-state index contributed by atoms with van der Waals surface area (Å²) in [7, 11) is 0. The summed E-state index contributed by atoms with van der Waals surface area (Å²) in [6, 6.07) is 2.83. The number of fused-ring (bicyclic) bond motifs is 1. The Kier molecular flexibility index (Phi) is 3.21. The molecule has 1 atom stereocenters. The minimum Gasteiger partial charge on any atom is -0.329 e. The van der Waals surface area contributed by atoms with E-state index in [2.05, 4.69) is 23.3 Å². The molecule has 1 aliphatic rings. The van der Waals surface area contributed by atoms with Gasteiger partial charge >= 0.3 is 0 Å². The van der Waals surface area contributed by atoms with Gasteiger partial charge in [0.1, 0.15) is 0 Å². The smallest absolute Gasteiger partial charge is 0.0248 e. The molecule has 0 fully saturated rings. The van der Waals surface area contributed by atoms with Crippen LogP contribution in [0.2, 0.25) is 0 Å². The number of nitrogens with two attached hydrogens (primary N) is 1. The monoisotopic (exact) mass is 210 g/mol. The fourth-order valence-electron chi connectivity index (χ4n) is 2.16. The van der Waals surface area contributed by atoms with Gasteiger partial charge in [-0.15, -0.1) is 11.3 Å². The predicted octanol–water partition coefficient (Wildman–Crippen LogP) is 1.84. The predicted molar refractivity (Wildman–Crippen MR) is 61.6 cm³/mol. The lowest BCUT2D eigenvalue weighted by molar-refractivity contribution is 0.179. The van der Waals surface area contributed by atoms with Crippen molar-refractivity contribution in [2.45, 2.75) is 32.4 Å². The van der Waals surface area contributed by atoms with Gasteiger partial charge in [-0.05, 0) is 29.9 Å². The van der Waals surface area contributed by atoms with Gasteiger partial charge in [0.15, 0.2) is 0 Å². The van der Waals surface area contributed by atoms with E-state index in [-0.39, 0.29) is 0 Å². The maximum atomic E-state index is 5.77. The highest BCUT2D eigenvalue weighted by molar-refractivity contribution is 7.10. The van der Waals surface area contributed by atoms with E-state index in [1.807, 2.05) is 11.3 Å². The molecule has 0 amide bonds. The van der Waals surface area contributed by atoms with Crippen molar-refractivity contribution in [3.05, 3.63) is 21.9 Å². The van der Waals surface area contributed by atoms with Gasteiger partial charge in [-0.3, -0.25) is 4.90 Å². The molecule has 1 aliphatic heterocycles. The zero-order chi connectivity index (χ0) is 9.97. The second-order valence-corrected chi connectivity index (χ2v) is 4.89. The van der Waals surface area contributed by atoms with Crippen molar-refractivity contribution in [2.75, 3.05) is 13.1 Å². The Bertz CT molecular complexity index is 291. The highest BCUT2D eigenvalue weighted by Gasteiger charge is 2.21. The Morgan fingerprint density at radius 3 is 3.21 bits per heavy atom. The standard InChI is InChI=1S/C11H18N2S/c1-2-10(7-12)13-5-3-11-9(8-13)4-6-14-11/h4,6,10H,2-3,5,7-8,12H2,1H3. The number of nitrogens with zero attached hydrogens (tertiary/aromatic N) is 1. The quantitative estimate of drug-likeness (QED) is 0.825. The lowest BCUT2D eigenvalue weighted by Gasteiger charge is -2.33. The summed E-state index contributed by atoms with van der Waals surface area (Å²) in [5.74, 6) is 0. The first kappa shape index (κ1) is 10.1. The highest BCUT2D eigenvalue weighted by atomic mass is 32.1. The summed E-state index contributed by atoms with van der Waals surface area (Å²) >= 11 is 1.90. The minimum absolute atomic E-state index is 0.572. The summed E-state index contributed by atoms with van der Waals surface area (Å²) in [5, 5.41) is 2.21. The lowest BCUT2D eigenvalue weighted by atomic mass is 10.1. The summed E-state index contributed by atoms with van der Waals surface area (Å²) in [6.07, 6.45) is 2.37. The van der Waals surface area contributed by atoms with E-state index in [9.17, 15) is 0 Å². The van der Waals surface area contributed by atoms with E-state index in [0.29, 0.717) is 6.04 Å². The van der Waals surface area contributed by atoms with Gasteiger partial charge < -0.3 is 5.73 Å². The summed E-state index contributed by atoms with van der Waals surface area (Å²) in [6.45, 7) is 5.30. The summed E-state index contributed by atoms with van der Waals surface area (Å²) < 4.78 is 0. The van der Waals surface area contributed by atoms with E-state index in [0.717, 1.165) is 19.5 Å². The van der Waals surface area contributed by atoms with Crippen LogP contribution in [0.3, 0.4) is 0 Å². The third kappa shape index (κ3) is 1.85. The Balaban J connectivity index is 2.06. The Morgan fingerprint density at radius 2 is 2.50 bits per heavy atom. The zero-order valence-corrected chi connectivity index (χ0v) is 9.52. The van der Waals surface area contributed by atoms with Crippen LogP contribution < -0.4 is 5.73 Å². The van der Waals surface area contributed by atoms with Crippen molar-refractivity contribution in [3.63, 3.8) is 0 Å². The number of thiophene rings is 1. The van der Waals surface area contributed by atoms with Gasteiger partial charge in [-0.25, -0.2) is 0 Å². The molecule has 2 nitrogen and oxygen atoms in total. The molecule has 0 saturated heterocycles. The zero-order valence-electron chi connectivity index (χ0n) is 8.70. The van der Waals surface area contributed by atoms with E-state index in [1.54, 1.807) is 4.88 Å². The molecule has 0 aliphatic carbocycles. The topological polar surface area (TPSA) is 29.3 Å². The summed E-state index contributed by atoms with van der Waals surface area (Å²) in [5.41, 5.74) is 7.29. The van der Waals surface area contributed by atoms with Crippen molar-refractivity contribution < 1.29 is 0 Å².